The SMILES string of the molecule is Oc1ccc2c(c1Cl)Oc1c(ccc(O)c1Cl)[CH]2. The molecule has 1 aliphatic rings. The number of rotatable bonds is 0. The summed E-state index contributed by atoms with van der Waals surface area (Å²) < 4.78 is 5.59. The summed E-state index contributed by atoms with van der Waals surface area (Å²) in [6, 6.07) is 6.38. The van der Waals surface area contributed by atoms with E-state index in [2.05, 4.69) is 0 Å². The quantitative estimate of drug-likeness (QED) is 0.652. The normalized spacial score (nSPS) is 12.6. The highest BCUT2D eigenvalue weighted by Crippen LogP contribution is 2.49. The molecule has 2 aromatic rings. The zero-order chi connectivity index (χ0) is 12.9. The lowest BCUT2D eigenvalue weighted by Gasteiger charge is -2.22. The number of fused-ring (bicyclic) bond motifs is 2. The van der Waals surface area contributed by atoms with Crippen molar-refractivity contribution in [2.45, 2.75) is 0 Å². The van der Waals surface area contributed by atoms with Gasteiger partial charge in [0.05, 0.1) is 0 Å². The van der Waals surface area contributed by atoms with Crippen LogP contribution in [0, 0.1) is 6.42 Å². The van der Waals surface area contributed by atoms with Crippen LogP contribution in [0.1, 0.15) is 11.1 Å². The van der Waals surface area contributed by atoms with Gasteiger partial charge in [0.15, 0.2) is 11.5 Å². The Labute approximate surface area is 113 Å². The lowest BCUT2D eigenvalue weighted by atomic mass is 10.00. The summed E-state index contributed by atoms with van der Waals surface area (Å²) in [7, 11) is 0. The Morgan fingerprint density at radius 3 is 1.67 bits per heavy atom. The van der Waals surface area contributed by atoms with Crippen molar-refractivity contribution in [3.8, 4) is 23.0 Å². The molecule has 0 amide bonds. The molecule has 0 spiro atoms. The minimum Gasteiger partial charge on any atom is -0.506 e. The van der Waals surface area contributed by atoms with Crippen LogP contribution in [0.5, 0.6) is 23.0 Å². The van der Waals surface area contributed by atoms with Gasteiger partial charge in [0.1, 0.15) is 21.5 Å². The Balaban J connectivity index is 2.19. The monoisotopic (exact) mass is 281 g/mol. The summed E-state index contributed by atoms with van der Waals surface area (Å²) >= 11 is 11.9. The second kappa shape index (κ2) is 3.97. The van der Waals surface area contributed by atoms with Crippen molar-refractivity contribution in [1.82, 2.24) is 0 Å². The van der Waals surface area contributed by atoms with E-state index in [1.54, 1.807) is 12.1 Å². The number of aromatic hydroxyl groups is 2. The average Bonchev–Trinajstić information content (AvgIpc) is 2.37. The van der Waals surface area contributed by atoms with Crippen molar-refractivity contribution < 1.29 is 14.9 Å². The molecule has 1 aliphatic heterocycles. The zero-order valence-corrected chi connectivity index (χ0v) is 10.5. The van der Waals surface area contributed by atoms with Crippen LogP contribution in [0.15, 0.2) is 24.3 Å². The highest BCUT2D eigenvalue weighted by molar-refractivity contribution is 6.34. The van der Waals surface area contributed by atoms with Gasteiger partial charge in [0.2, 0.25) is 0 Å². The molecule has 3 nitrogen and oxygen atoms in total. The summed E-state index contributed by atoms with van der Waals surface area (Å²) in [5.74, 6) is 0.528. The number of ether oxygens (including phenoxy) is 1. The van der Waals surface area contributed by atoms with Crippen LogP contribution in [0.4, 0.5) is 0 Å². The second-order valence-electron chi connectivity index (χ2n) is 3.88. The minimum absolute atomic E-state index is 0.0662. The molecular weight excluding hydrogens is 275 g/mol. The van der Waals surface area contributed by atoms with Gasteiger partial charge in [0.25, 0.3) is 0 Å². The van der Waals surface area contributed by atoms with Crippen LogP contribution in [-0.2, 0) is 0 Å². The molecule has 0 atom stereocenters. The molecule has 3 rings (SSSR count). The van der Waals surface area contributed by atoms with Crippen molar-refractivity contribution >= 4 is 23.2 Å². The van der Waals surface area contributed by atoms with E-state index >= 15 is 0 Å². The standard InChI is InChI=1S/C13H7Cl2O3/c14-10-8(16)3-1-6-5-7-2-4-9(17)11(15)13(7)18-12(6)10/h1-5,16-17H. The molecule has 2 N–H and O–H groups in total. The molecule has 18 heavy (non-hydrogen) atoms. The number of halogens is 2. The average molecular weight is 282 g/mol. The minimum atomic E-state index is -0.0662. The number of phenolic OH excluding ortho intramolecular Hbond substituents is 2. The summed E-state index contributed by atoms with van der Waals surface area (Å²) in [6.45, 7) is 0. The molecule has 0 unspecified atom stereocenters. The molecule has 5 heteroatoms. The molecule has 91 valence electrons. The molecule has 0 bridgehead atoms. The maximum Gasteiger partial charge on any atom is 0.153 e. The van der Waals surface area contributed by atoms with E-state index in [1.807, 2.05) is 6.42 Å². The molecule has 1 radical (unpaired) electrons. The Morgan fingerprint density at radius 1 is 0.778 bits per heavy atom. The van der Waals surface area contributed by atoms with Crippen LogP contribution in [-0.4, -0.2) is 10.2 Å². The van der Waals surface area contributed by atoms with Gasteiger partial charge in [-0.2, -0.15) is 0 Å². The molecule has 0 aliphatic carbocycles. The lowest BCUT2D eigenvalue weighted by Crippen LogP contribution is -2.02. The second-order valence-corrected chi connectivity index (χ2v) is 4.64. The number of phenols is 2. The van der Waals surface area contributed by atoms with Crippen LogP contribution in [0.25, 0.3) is 0 Å². The highest BCUT2D eigenvalue weighted by atomic mass is 35.5. The van der Waals surface area contributed by atoms with Crippen molar-refractivity contribution in [3.05, 3.63) is 51.9 Å². The number of hydrogen-bond acceptors (Lipinski definition) is 3. The fraction of sp³-hybridized carbons (Fsp3) is 0. The molecular formula is C13H7Cl2O3. The first-order valence-electron chi connectivity index (χ1n) is 5.13. The van der Waals surface area contributed by atoms with E-state index in [0.29, 0.717) is 11.5 Å². The first-order chi connectivity index (χ1) is 8.58. The van der Waals surface area contributed by atoms with E-state index in [4.69, 9.17) is 27.9 Å². The van der Waals surface area contributed by atoms with E-state index < -0.39 is 0 Å². The Hall–Kier alpha value is -1.58. The zero-order valence-electron chi connectivity index (χ0n) is 8.95. The molecule has 0 saturated heterocycles. The van der Waals surface area contributed by atoms with E-state index in [1.165, 1.54) is 12.1 Å². The molecule has 0 fully saturated rings. The summed E-state index contributed by atoms with van der Waals surface area (Å²) in [6.07, 6.45) is 1.82. The maximum absolute atomic E-state index is 9.54. The Morgan fingerprint density at radius 2 is 1.22 bits per heavy atom. The molecule has 2 aromatic carbocycles. The van der Waals surface area contributed by atoms with Crippen molar-refractivity contribution in [3.63, 3.8) is 0 Å². The predicted octanol–water partition coefficient (Wildman–Crippen LogP) is 4.11. The maximum atomic E-state index is 9.54. The van der Waals surface area contributed by atoms with Gasteiger partial charge in [0, 0.05) is 17.5 Å². The topological polar surface area (TPSA) is 49.7 Å². The first kappa shape index (κ1) is 11.5. The number of benzene rings is 2. The summed E-state index contributed by atoms with van der Waals surface area (Å²) in [5.41, 5.74) is 1.49. The van der Waals surface area contributed by atoms with Gasteiger partial charge in [-0.05, 0) is 12.1 Å². The largest absolute Gasteiger partial charge is 0.506 e. The lowest BCUT2D eigenvalue weighted by molar-refractivity contribution is 0.439. The third-order valence-electron chi connectivity index (χ3n) is 2.73. The van der Waals surface area contributed by atoms with E-state index in [9.17, 15) is 10.2 Å². The third kappa shape index (κ3) is 1.59. The van der Waals surface area contributed by atoms with Crippen LogP contribution >= 0.6 is 23.2 Å². The smallest absolute Gasteiger partial charge is 0.153 e. The molecule has 0 saturated carbocycles. The summed E-state index contributed by atoms with van der Waals surface area (Å²) in [4.78, 5) is 0. The van der Waals surface area contributed by atoms with Gasteiger partial charge in [-0.1, -0.05) is 35.3 Å². The number of hydrogen-bond donors (Lipinski definition) is 2. The van der Waals surface area contributed by atoms with Crippen LogP contribution in [0.2, 0.25) is 10.0 Å². The van der Waals surface area contributed by atoms with Crippen LogP contribution in [0.3, 0.4) is 0 Å². The molecule has 1 heterocycles. The van der Waals surface area contributed by atoms with Crippen molar-refractivity contribution in [2.75, 3.05) is 0 Å². The van der Waals surface area contributed by atoms with Crippen LogP contribution < -0.4 is 4.74 Å². The molecule has 0 aromatic heterocycles. The Bertz CT molecular complexity index is 598. The Kier molecular flexibility index (Phi) is 2.54. The highest BCUT2D eigenvalue weighted by Gasteiger charge is 2.24. The van der Waals surface area contributed by atoms with Gasteiger partial charge in [-0.15, -0.1) is 0 Å². The van der Waals surface area contributed by atoms with Gasteiger partial charge in [-0.25, -0.2) is 0 Å². The van der Waals surface area contributed by atoms with Crippen molar-refractivity contribution in [2.24, 2.45) is 0 Å². The van der Waals surface area contributed by atoms with Gasteiger partial charge < -0.3 is 14.9 Å². The van der Waals surface area contributed by atoms with Gasteiger partial charge >= 0.3 is 0 Å². The first-order valence-corrected chi connectivity index (χ1v) is 5.89. The van der Waals surface area contributed by atoms with Gasteiger partial charge in [-0.3, -0.25) is 0 Å². The predicted molar refractivity (Wildman–Crippen MR) is 68.8 cm³/mol. The fourth-order valence-corrected chi connectivity index (χ4v) is 2.25. The van der Waals surface area contributed by atoms with Crippen molar-refractivity contribution in [1.29, 1.82) is 0 Å². The third-order valence-corrected chi connectivity index (χ3v) is 3.46. The van der Waals surface area contributed by atoms with E-state index in [-0.39, 0.29) is 21.5 Å². The van der Waals surface area contributed by atoms with E-state index in [0.717, 1.165) is 11.1 Å². The fourth-order valence-electron chi connectivity index (χ4n) is 1.83. The summed E-state index contributed by atoms with van der Waals surface area (Å²) in [5, 5.41) is 19.3.